The molecule has 130 valence electrons. The third-order valence-electron chi connectivity index (χ3n) is 4.61. The van der Waals surface area contributed by atoms with Crippen LogP contribution in [0.3, 0.4) is 0 Å². The number of aromatic nitrogens is 1. The highest BCUT2D eigenvalue weighted by molar-refractivity contribution is 6.04. The van der Waals surface area contributed by atoms with Crippen LogP contribution < -0.4 is 4.90 Å². The molecule has 1 aliphatic heterocycles. The van der Waals surface area contributed by atoms with Crippen molar-refractivity contribution in [2.45, 2.75) is 12.8 Å². The van der Waals surface area contributed by atoms with Crippen molar-refractivity contribution in [2.24, 2.45) is 0 Å². The largest absolute Gasteiger partial charge is 0.452 e. The molecule has 0 saturated heterocycles. The van der Waals surface area contributed by atoms with Crippen LogP contribution in [0.1, 0.15) is 22.3 Å². The summed E-state index contributed by atoms with van der Waals surface area (Å²) in [5, 5.41) is 0.718. The number of anilines is 1. The summed E-state index contributed by atoms with van der Waals surface area (Å²) in [4.78, 5) is 31.0. The first-order chi connectivity index (χ1) is 12.7. The van der Waals surface area contributed by atoms with E-state index in [0.717, 1.165) is 35.0 Å². The van der Waals surface area contributed by atoms with E-state index >= 15 is 0 Å². The number of hydrogen-bond acceptors (Lipinski definition) is 4. The summed E-state index contributed by atoms with van der Waals surface area (Å²) in [5.74, 6) is -0.717. The molecule has 1 aliphatic rings. The lowest BCUT2D eigenvalue weighted by atomic mass is 10.0. The minimum absolute atomic E-state index is 0.205. The molecule has 2 heterocycles. The SMILES string of the molecule is O=C(OCC(=O)N1CCCc2ccccc21)c1ccnc2ccccc12. The number of amides is 1. The average Bonchev–Trinajstić information content (AvgIpc) is 2.71. The predicted octanol–water partition coefficient (Wildman–Crippen LogP) is 3.37. The number of rotatable bonds is 3. The third-order valence-corrected chi connectivity index (χ3v) is 4.61. The van der Waals surface area contributed by atoms with Crippen LogP contribution >= 0.6 is 0 Å². The van der Waals surface area contributed by atoms with Crippen LogP contribution in [0.5, 0.6) is 0 Å². The first kappa shape index (κ1) is 16.3. The number of fused-ring (bicyclic) bond motifs is 2. The number of aryl methyl sites for hydroxylation is 1. The molecule has 0 fully saturated rings. The summed E-state index contributed by atoms with van der Waals surface area (Å²) in [5.41, 5.74) is 3.20. The van der Waals surface area contributed by atoms with Crippen LogP contribution in [0.15, 0.2) is 60.8 Å². The number of carbonyl (C=O) groups is 2. The highest BCUT2D eigenvalue weighted by atomic mass is 16.5. The molecule has 3 aromatic rings. The smallest absolute Gasteiger partial charge is 0.339 e. The van der Waals surface area contributed by atoms with E-state index < -0.39 is 5.97 Å². The molecule has 0 N–H and O–H groups in total. The van der Waals surface area contributed by atoms with Crippen LogP contribution in [-0.4, -0.2) is 30.0 Å². The molecular formula is C21H18N2O3. The molecule has 1 amide bonds. The Hall–Kier alpha value is -3.21. The molecule has 0 unspecified atom stereocenters. The van der Waals surface area contributed by atoms with Gasteiger partial charge in [0.2, 0.25) is 0 Å². The zero-order chi connectivity index (χ0) is 17.9. The number of esters is 1. The van der Waals surface area contributed by atoms with E-state index in [1.54, 1.807) is 17.2 Å². The van der Waals surface area contributed by atoms with Gasteiger partial charge in [0.25, 0.3) is 5.91 Å². The van der Waals surface area contributed by atoms with E-state index in [9.17, 15) is 9.59 Å². The zero-order valence-corrected chi connectivity index (χ0v) is 14.2. The highest BCUT2D eigenvalue weighted by Crippen LogP contribution is 2.26. The van der Waals surface area contributed by atoms with Gasteiger partial charge in [0.15, 0.2) is 6.61 Å². The van der Waals surface area contributed by atoms with Gasteiger partial charge in [-0.2, -0.15) is 0 Å². The molecular weight excluding hydrogens is 328 g/mol. The quantitative estimate of drug-likeness (QED) is 0.682. The number of benzene rings is 2. The molecule has 2 aromatic carbocycles. The number of nitrogens with zero attached hydrogens (tertiary/aromatic N) is 2. The van der Waals surface area contributed by atoms with Crippen molar-refractivity contribution in [3.05, 3.63) is 71.9 Å². The lowest BCUT2D eigenvalue weighted by Crippen LogP contribution is -2.38. The summed E-state index contributed by atoms with van der Waals surface area (Å²) in [6.45, 7) is 0.370. The maximum Gasteiger partial charge on any atom is 0.339 e. The van der Waals surface area contributed by atoms with E-state index in [2.05, 4.69) is 4.98 Å². The monoisotopic (exact) mass is 346 g/mol. The average molecular weight is 346 g/mol. The van der Waals surface area contributed by atoms with Crippen molar-refractivity contribution >= 4 is 28.5 Å². The van der Waals surface area contributed by atoms with Gasteiger partial charge in [0.1, 0.15) is 0 Å². The molecule has 1 aromatic heterocycles. The lowest BCUT2D eigenvalue weighted by molar-refractivity contribution is -0.121. The van der Waals surface area contributed by atoms with Gasteiger partial charge in [0, 0.05) is 23.8 Å². The normalized spacial score (nSPS) is 13.3. The molecule has 26 heavy (non-hydrogen) atoms. The predicted molar refractivity (Wildman–Crippen MR) is 99.1 cm³/mol. The molecule has 0 radical (unpaired) electrons. The second kappa shape index (κ2) is 6.96. The fourth-order valence-corrected chi connectivity index (χ4v) is 3.35. The van der Waals surface area contributed by atoms with Crippen molar-refractivity contribution < 1.29 is 14.3 Å². The van der Waals surface area contributed by atoms with E-state index in [-0.39, 0.29) is 12.5 Å². The van der Waals surface area contributed by atoms with Crippen molar-refractivity contribution in [1.82, 2.24) is 4.98 Å². The standard InChI is InChI=1S/C21H18N2O3/c24-20(23-13-5-7-15-6-1-4-10-19(15)23)14-26-21(25)17-11-12-22-18-9-3-2-8-16(17)18/h1-4,6,8-12H,5,7,13-14H2. The molecule has 5 nitrogen and oxygen atoms in total. The molecule has 0 aliphatic carbocycles. The Morgan fingerprint density at radius 3 is 2.77 bits per heavy atom. The second-order valence-electron chi connectivity index (χ2n) is 6.23. The van der Waals surface area contributed by atoms with Crippen molar-refractivity contribution in [3.63, 3.8) is 0 Å². The molecule has 0 saturated carbocycles. The highest BCUT2D eigenvalue weighted by Gasteiger charge is 2.23. The maximum absolute atomic E-state index is 12.6. The second-order valence-corrected chi connectivity index (χ2v) is 6.23. The van der Waals surface area contributed by atoms with Crippen LogP contribution in [0.4, 0.5) is 5.69 Å². The summed E-state index contributed by atoms with van der Waals surface area (Å²) >= 11 is 0. The van der Waals surface area contributed by atoms with Gasteiger partial charge in [-0.05, 0) is 36.6 Å². The Morgan fingerprint density at radius 1 is 1.04 bits per heavy atom. The molecule has 0 atom stereocenters. The molecule has 4 rings (SSSR count). The first-order valence-corrected chi connectivity index (χ1v) is 8.63. The van der Waals surface area contributed by atoms with Crippen LogP contribution in [0.2, 0.25) is 0 Å². The fourth-order valence-electron chi connectivity index (χ4n) is 3.35. The lowest BCUT2D eigenvalue weighted by Gasteiger charge is -2.29. The number of pyridine rings is 1. The van der Waals surface area contributed by atoms with Gasteiger partial charge >= 0.3 is 5.97 Å². The summed E-state index contributed by atoms with van der Waals surface area (Å²) in [6, 6.07) is 16.8. The van der Waals surface area contributed by atoms with Gasteiger partial charge in [-0.15, -0.1) is 0 Å². The van der Waals surface area contributed by atoms with Gasteiger partial charge in [-0.25, -0.2) is 4.79 Å². The van der Waals surface area contributed by atoms with E-state index in [1.807, 2.05) is 48.5 Å². The Kier molecular flexibility index (Phi) is 4.35. The third kappa shape index (κ3) is 3.04. The van der Waals surface area contributed by atoms with Crippen molar-refractivity contribution in [2.75, 3.05) is 18.1 Å². The number of ether oxygens (including phenoxy) is 1. The number of hydrogen-bond donors (Lipinski definition) is 0. The Morgan fingerprint density at radius 2 is 1.85 bits per heavy atom. The van der Waals surface area contributed by atoms with E-state index in [1.165, 1.54) is 0 Å². The van der Waals surface area contributed by atoms with Gasteiger partial charge in [-0.1, -0.05) is 36.4 Å². The first-order valence-electron chi connectivity index (χ1n) is 8.63. The zero-order valence-electron chi connectivity index (χ0n) is 14.2. The summed E-state index contributed by atoms with van der Waals surface area (Å²) < 4.78 is 5.31. The maximum atomic E-state index is 12.6. The number of carbonyl (C=O) groups excluding carboxylic acids is 2. The Balaban J connectivity index is 1.49. The van der Waals surface area contributed by atoms with E-state index in [0.29, 0.717) is 12.1 Å². The fraction of sp³-hybridized carbons (Fsp3) is 0.190. The van der Waals surface area contributed by atoms with E-state index in [4.69, 9.17) is 4.74 Å². The van der Waals surface area contributed by atoms with Crippen LogP contribution in [0, 0.1) is 0 Å². The summed E-state index contributed by atoms with van der Waals surface area (Å²) in [6.07, 6.45) is 3.44. The number of para-hydroxylation sites is 2. The van der Waals surface area contributed by atoms with Crippen molar-refractivity contribution in [1.29, 1.82) is 0 Å². The molecule has 0 spiro atoms. The summed E-state index contributed by atoms with van der Waals surface area (Å²) in [7, 11) is 0. The van der Waals surface area contributed by atoms with Crippen LogP contribution in [0.25, 0.3) is 10.9 Å². The molecule has 0 bridgehead atoms. The Labute approximate surface area is 151 Å². The van der Waals surface area contributed by atoms with Crippen LogP contribution in [-0.2, 0) is 16.0 Å². The minimum Gasteiger partial charge on any atom is -0.452 e. The topological polar surface area (TPSA) is 59.5 Å². The van der Waals surface area contributed by atoms with Crippen molar-refractivity contribution in [3.8, 4) is 0 Å². The van der Waals surface area contributed by atoms with Gasteiger partial charge < -0.3 is 9.64 Å². The minimum atomic E-state index is -0.512. The Bertz CT molecular complexity index is 978. The molecule has 5 heteroatoms. The van der Waals surface area contributed by atoms with Gasteiger partial charge in [0.05, 0.1) is 11.1 Å². The van der Waals surface area contributed by atoms with Gasteiger partial charge in [-0.3, -0.25) is 9.78 Å².